The molecule has 0 aliphatic heterocycles. The molecule has 1 aliphatic rings. The van der Waals surface area contributed by atoms with Crippen molar-refractivity contribution < 1.29 is 9.53 Å². The molecule has 0 radical (unpaired) electrons. The summed E-state index contributed by atoms with van der Waals surface area (Å²) in [5.74, 6) is -0.00347. The first-order chi connectivity index (χ1) is 6.84. The highest BCUT2D eigenvalue weighted by Gasteiger charge is 2.49. The lowest BCUT2D eigenvalue weighted by atomic mass is 9.58. The van der Waals surface area contributed by atoms with Gasteiger partial charge < -0.3 is 10.5 Å². The summed E-state index contributed by atoms with van der Waals surface area (Å²) in [6.07, 6.45) is 2.07. The number of nitriles is 1. The van der Waals surface area contributed by atoms with Gasteiger partial charge in [-0.25, -0.2) is 4.79 Å². The lowest BCUT2D eigenvalue weighted by Gasteiger charge is -2.46. The number of amides is 1. The fourth-order valence-electron chi connectivity index (χ4n) is 2.21. The van der Waals surface area contributed by atoms with Crippen LogP contribution in [0.4, 0.5) is 4.79 Å². The van der Waals surface area contributed by atoms with Crippen LogP contribution in [0.15, 0.2) is 0 Å². The van der Waals surface area contributed by atoms with E-state index in [-0.39, 0.29) is 11.3 Å². The highest BCUT2D eigenvalue weighted by molar-refractivity contribution is 5.65. The molecule has 2 N–H and O–H groups in total. The van der Waals surface area contributed by atoms with Gasteiger partial charge in [0.2, 0.25) is 0 Å². The largest absolute Gasteiger partial charge is 0.443 e. The van der Waals surface area contributed by atoms with Gasteiger partial charge in [-0.1, -0.05) is 13.3 Å². The summed E-state index contributed by atoms with van der Waals surface area (Å²) < 4.78 is 5.07. The highest BCUT2D eigenvalue weighted by atomic mass is 16.6. The molecule has 1 atom stereocenters. The molecule has 15 heavy (non-hydrogen) atoms. The maximum absolute atomic E-state index is 10.8. The Morgan fingerprint density at radius 3 is 2.40 bits per heavy atom. The molecule has 0 aromatic rings. The third-order valence-corrected chi connectivity index (χ3v) is 3.70. The molecule has 1 fully saturated rings. The van der Waals surface area contributed by atoms with E-state index in [1.54, 1.807) is 13.8 Å². The van der Waals surface area contributed by atoms with Crippen LogP contribution < -0.4 is 5.73 Å². The van der Waals surface area contributed by atoms with Crippen LogP contribution in [-0.4, -0.2) is 11.7 Å². The van der Waals surface area contributed by atoms with Crippen molar-refractivity contribution in [2.45, 2.75) is 45.6 Å². The third kappa shape index (κ3) is 2.06. The molecule has 1 saturated carbocycles. The van der Waals surface area contributed by atoms with Crippen LogP contribution >= 0.6 is 0 Å². The van der Waals surface area contributed by atoms with Crippen molar-refractivity contribution in [2.24, 2.45) is 17.1 Å². The number of ether oxygens (including phenoxy) is 1. The van der Waals surface area contributed by atoms with Gasteiger partial charge in [0, 0.05) is 5.92 Å². The number of carbonyl (C=O) groups is 1. The number of primary amides is 1. The minimum Gasteiger partial charge on any atom is -0.443 e. The van der Waals surface area contributed by atoms with Crippen LogP contribution in [0.2, 0.25) is 0 Å². The van der Waals surface area contributed by atoms with Gasteiger partial charge in [0.15, 0.2) is 0 Å². The van der Waals surface area contributed by atoms with Crippen molar-refractivity contribution in [3.05, 3.63) is 0 Å². The maximum atomic E-state index is 10.8. The molecule has 1 amide bonds. The summed E-state index contributed by atoms with van der Waals surface area (Å²) in [5, 5.41) is 9.18. The molecule has 84 valence electrons. The number of hydrogen-bond donors (Lipinski definition) is 1. The predicted molar refractivity (Wildman–Crippen MR) is 55.8 cm³/mol. The zero-order chi connectivity index (χ0) is 11.7. The van der Waals surface area contributed by atoms with Crippen LogP contribution in [-0.2, 0) is 4.74 Å². The van der Waals surface area contributed by atoms with Crippen molar-refractivity contribution in [3.63, 3.8) is 0 Å². The first kappa shape index (κ1) is 11.8. The van der Waals surface area contributed by atoms with Crippen molar-refractivity contribution >= 4 is 6.09 Å². The topological polar surface area (TPSA) is 76.1 Å². The number of carbonyl (C=O) groups excluding carboxylic acids is 1. The van der Waals surface area contributed by atoms with Crippen LogP contribution in [0, 0.1) is 22.7 Å². The Hall–Kier alpha value is -1.24. The summed E-state index contributed by atoms with van der Waals surface area (Å²) >= 11 is 0. The Kier molecular flexibility index (Phi) is 2.94. The smallest absolute Gasteiger partial charge is 0.405 e. The zero-order valence-corrected chi connectivity index (χ0v) is 9.54. The second-order valence-electron chi connectivity index (χ2n) is 4.87. The zero-order valence-electron chi connectivity index (χ0n) is 9.54. The Labute approximate surface area is 90.4 Å². The van der Waals surface area contributed by atoms with Crippen molar-refractivity contribution in [1.82, 2.24) is 0 Å². The van der Waals surface area contributed by atoms with E-state index in [9.17, 15) is 10.1 Å². The SMILES string of the molecule is CC(C1(C#N)CCC1)C(C)(C)OC(N)=O. The Morgan fingerprint density at radius 1 is 1.60 bits per heavy atom. The van der Waals surface area contributed by atoms with E-state index in [4.69, 9.17) is 10.5 Å². The van der Waals surface area contributed by atoms with E-state index in [0.717, 1.165) is 19.3 Å². The van der Waals surface area contributed by atoms with Crippen LogP contribution in [0.3, 0.4) is 0 Å². The molecular weight excluding hydrogens is 192 g/mol. The minimum atomic E-state index is -0.778. The van der Waals surface area contributed by atoms with E-state index >= 15 is 0 Å². The number of hydrogen-bond acceptors (Lipinski definition) is 3. The van der Waals surface area contributed by atoms with Gasteiger partial charge in [0.05, 0.1) is 11.5 Å². The second kappa shape index (κ2) is 3.73. The quantitative estimate of drug-likeness (QED) is 0.775. The summed E-state index contributed by atoms with van der Waals surface area (Å²) in [4.78, 5) is 10.8. The first-order valence-electron chi connectivity index (χ1n) is 5.24. The van der Waals surface area contributed by atoms with Crippen molar-refractivity contribution in [3.8, 4) is 6.07 Å². The summed E-state index contributed by atoms with van der Waals surface area (Å²) in [5.41, 5.74) is 4.00. The van der Waals surface area contributed by atoms with Crippen LogP contribution in [0.1, 0.15) is 40.0 Å². The van der Waals surface area contributed by atoms with E-state index in [2.05, 4.69) is 6.07 Å². The number of nitrogens with two attached hydrogens (primary N) is 1. The first-order valence-corrected chi connectivity index (χ1v) is 5.24. The Morgan fingerprint density at radius 2 is 2.13 bits per heavy atom. The van der Waals surface area contributed by atoms with Gasteiger partial charge in [-0.05, 0) is 26.7 Å². The fraction of sp³-hybridized carbons (Fsp3) is 0.818. The minimum absolute atomic E-state index is 0.00347. The molecule has 0 spiro atoms. The Bertz CT molecular complexity index is 300. The van der Waals surface area contributed by atoms with Crippen LogP contribution in [0.25, 0.3) is 0 Å². The van der Waals surface area contributed by atoms with E-state index in [1.807, 2.05) is 6.92 Å². The van der Waals surface area contributed by atoms with Crippen molar-refractivity contribution in [2.75, 3.05) is 0 Å². The molecule has 0 heterocycles. The van der Waals surface area contributed by atoms with Gasteiger partial charge in [-0.2, -0.15) is 5.26 Å². The third-order valence-electron chi connectivity index (χ3n) is 3.70. The molecule has 1 rings (SSSR count). The van der Waals surface area contributed by atoms with Gasteiger partial charge >= 0.3 is 6.09 Å². The standard InChI is InChI=1S/C11H18N2O2/c1-8(10(2,3)15-9(13)14)11(7-12)5-4-6-11/h8H,4-6H2,1-3H3,(H2,13,14). The van der Waals surface area contributed by atoms with Gasteiger partial charge in [-0.15, -0.1) is 0 Å². The summed E-state index contributed by atoms with van der Waals surface area (Å²) in [6.45, 7) is 5.56. The Balaban J connectivity index is 2.78. The lowest BCUT2D eigenvalue weighted by Crippen LogP contribution is -2.48. The summed E-state index contributed by atoms with van der Waals surface area (Å²) in [6, 6.07) is 2.36. The maximum Gasteiger partial charge on any atom is 0.405 e. The van der Waals surface area contributed by atoms with Gasteiger partial charge in [0.25, 0.3) is 0 Å². The van der Waals surface area contributed by atoms with Gasteiger partial charge in [0.1, 0.15) is 5.60 Å². The van der Waals surface area contributed by atoms with Crippen LogP contribution in [0.5, 0.6) is 0 Å². The van der Waals surface area contributed by atoms with E-state index in [1.165, 1.54) is 0 Å². The fourth-order valence-corrected chi connectivity index (χ4v) is 2.21. The molecular formula is C11H18N2O2. The molecule has 4 nitrogen and oxygen atoms in total. The summed E-state index contributed by atoms with van der Waals surface area (Å²) in [7, 11) is 0. The van der Waals surface area contributed by atoms with Crippen molar-refractivity contribution in [1.29, 1.82) is 5.26 Å². The molecule has 1 unspecified atom stereocenters. The normalized spacial score (nSPS) is 20.9. The molecule has 0 aromatic carbocycles. The lowest BCUT2D eigenvalue weighted by molar-refractivity contribution is -0.0553. The molecule has 0 bridgehead atoms. The number of rotatable bonds is 3. The average molecular weight is 210 g/mol. The molecule has 0 saturated heterocycles. The second-order valence-corrected chi connectivity index (χ2v) is 4.87. The monoisotopic (exact) mass is 210 g/mol. The molecule has 1 aliphatic carbocycles. The number of nitrogens with zero attached hydrogens (tertiary/aromatic N) is 1. The molecule has 4 heteroatoms. The average Bonchev–Trinajstić information content (AvgIpc) is 2.00. The molecule has 0 aromatic heterocycles. The van der Waals surface area contributed by atoms with E-state index in [0.29, 0.717) is 0 Å². The highest BCUT2D eigenvalue weighted by Crippen LogP contribution is 2.50. The van der Waals surface area contributed by atoms with Gasteiger partial charge in [-0.3, -0.25) is 0 Å². The van der Waals surface area contributed by atoms with E-state index < -0.39 is 11.7 Å². The predicted octanol–water partition coefficient (Wildman–Crippen LogP) is 2.19.